The Labute approximate surface area is 69.3 Å². The molecule has 0 spiro atoms. The van der Waals surface area contributed by atoms with Crippen LogP contribution in [-0.4, -0.2) is 24.6 Å². The number of nitrogens with two attached hydrogens (primary N) is 2. The summed E-state index contributed by atoms with van der Waals surface area (Å²) >= 11 is 0. The zero-order valence-corrected chi connectivity index (χ0v) is 6.63. The number of ether oxygens (including phenoxy) is 1. The first-order valence-electron chi connectivity index (χ1n) is 3.18. The van der Waals surface area contributed by atoms with Crippen LogP contribution in [0.25, 0.3) is 0 Å². The Balaban J connectivity index is 3.97. The molecule has 0 heterocycles. The highest BCUT2D eigenvalue weighted by molar-refractivity contribution is 5.99. The van der Waals surface area contributed by atoms with Gasteiger partial charge in [0.1, 0.15) is 0 Å². The zero-order valence-electron chi connectivity index (χ0n) is 6.63. The number of amidine groups is 1. The van der Waals surface area contributed by atoms with Gasteiger partial charge in [0.05, 0.1) is 6.61 Å². The van der Waals surface area contributed by atoms with Crippen molar-refractivity contribution in [1.29, 1.82) is 5.41 Å². The first-order chi connectivity index (χ1) is 5.56. The minimum atomic E-state index is -0.833. The van der Waals surface area contributed by atoms with Crippen molar-refractivity contribution >= 4 is 18.0 Å². The van der Waals surface area contributed by atoms with E-state index >= 15 is 0 Å². The lowest BCUT2D eigenvalue weighted by atomic mass is 10.8. The lowest BCUT2D eigenvalue weighted by Gasteiger charge is -2.01. The smallest absolute Gasteiger partial charge is 0.318 e. The van der Waals surface area contributed by atoms with Crippen LogP contribution in [0.1, 0.15) is 6.92 Å². The molecule has 0 bridgehead atoms. The fourth-order valence-electron chi connectivity index (χ4n) is 0.433. The van der Waals surface area contributed by atoms with E-state index in [0.717, 1.165) is 0 Å². The SMILES string of the molecule is CCOC(=N)/N=C(\N)NC(N)=O. The fraction of sp³-hybridized carbons (Fsp3) is 0.400. The summed E-state index contributed by atoms with van der Waals surface area (Å²) < 4.78 is 4.62. The van der Waals surface area contributed by atoms with Gasteiger partial charge in [0, 0.05) is 0 Å². The summed E-state index contributed by atoms with van der Waals surface area (Å²) in [5, 5.41) is 8.96. The second-order valence-corrected chi connectivity index (χ2v) is 1.72. The standard InChI is InChI=1S/C5H11N5O2/c1-2-12-5(8)10-3(6)9-4(7)11/h2H2,1H3,(H6,6,7,8,9,10,11). The summed E-state index contributed by atoms with van der Waals surface area (Å²) in [4.78, 5) is 13.5. The highest BCUT2D eigenvalue weighted by atomic mass is 16.5. The number of rotatable bonds is 1. The first kappa shape index (κ1) is 10.2. The van der Waals surface area contributed by atoms with Crippen molar-refractivity contribution in [1.82, 2.24) is 5.32 Å². The molecule has 0 fully saturated rings. The number of primary amides is 1. The number of carbonyl (C=O) groups excluding carboxylic acids is 1. The number of guanidine groups is 1. The van der Waals surface area contributed by atoms with Crippen LogP contribution in [0.4, 0.5) is 4.79 Å². The van der Waals surface area contributed by atoms with Gasteiger partial charge in [-0.1, -0.05) is 0 Å². The molecule has 0 aromatic heterocycles. The van der Waals surface area contributed by atoms with Crippen molar-refractivity contribution in [3.63, 3.8) is 0 Å². The normalized spacial score (nSPS) is 10.6. The van der Waals surface area contributed by atoms with E-state index < -0.39 is 6.03 Å². The Bertz CT molecular complexity index is 212. The van der Waals surface area contributed by atoms with Gasteiger partial charge >= 0.3 is 12.1 Å². The minimum Gasteiger partial charge on any atom is -0.464 e. The van der Waals surface area contributed by atoms with Crippen LogP contribution in [0.5, 0.6) is 0 Å². The Kier molecular flexibility index (Phi) is 4.20. The monoisotopic (exact) mass is 173 g/mol. The molecule has 0 unspecified atom stereocenters. The molecule has 2 amide bonds. The number of urea groups is 1. The Morgan fingerprint density at radius 1 is 1.67 bits per heavy atom. The van der Waals surface area contributed by atoms with Gasteiger partial charge in [-0.15, -0.1) is 0 Å². The summed E-state index contributed by atoms with van der Waals surface area (Å²) in [7, 11) is 0. The van der Waals surface area contributed by atoms with Gasteiger partial charge in [-0.2, -0.15) is 4.99 Å². The lowest BCUT2D eigenvalue weighted by Crippen LogP contribution is -2.40. The topological polar surface area (TPSA) is 127 Å². The fourth-order valence-corrected chi connectivity index (χ4v) is 0.433. The average molecular weight is 173 g/mol. The molecule has 7 heteroatoms. The second-order valence-electron chi connectivity index (χ2n) is 1.72. The number of hydrogen-bond acceptors (Lipinski definition) is 3. The van der Waals surface area contributed by atoms with Crippen molar-refractivity contribution in [2.75, 3.05) is 6.61 Å². The van der Waals surface area contributed by atoms with Crippen LogP contribution in [-0.2, 0) is 4.74 Å². The van der Waals surface area contributed by atoms with Crippen LogP contribution in [0.2, 0.25) is 0 Å². The number of amides is 2. The Hall–Kier alpha value is -1.79. The molecule has 0 rings (SSSR count). The summed E-state index contributed by atoms with van der Waals surface area (Å²) in [6.45, 7) is 2.01. The van der Waals surface area contributed by atoms with E-state index in [-0.39, 0.29) is 12.0 Å². The van der Waals surface area contributed by atoms with Gasteiger partial charge in [0.25, 0.3) is 0 Å². The summed E-state index contributed by atoms with van der Waals surface area (Å²) in [6, 6.07) is -1.20. The van der Waals surface area contributed by atoms with Gasteiger partial charge in [-0.05, 0) is 6.92 Å². The molecule has 0 aromatic carbocycles. The lowest BCUT2D eigenvalue weighted by molar-refractivity contribution is 0.253. The average Bonchev–Trinajstić information content (AvgIpc) is 1.84. The maximum Gasteiger partial charge on any atom is 0.318 e. The van der Waals surface area contributed by atoms with Gasteiger partial charge in [-0.25, -0.2) is 10.2 Å². The van der Waals surface area contributed by atoms with Crippen molar-refractivity contribution in [2.45, 2.75) is 6.92 Å². The van der Waals surface area contributed by atoms with Gasteiger partial charge < -0.3 is 16.2 Å². The molecule has 0 atom stereocenters. The Morgan fingerprint density at radius 2 is 2.25 bits per heavy atom. The molecule has 12 heavy (non-hydrogen) atoms. The molecule has 7 nitrogen and oxygen atoms in total. The van der Waals surface area contributed by atoms with E-state index in [1.807, 2.05) is 5.32 Å². The molecule has 6 N–H and O–H groups in total. The second kappa shape index (κ2) is 4.94. The number of carbonyl (C=O) groups is 1. The number of nitrogens with zero attached hydrogens (tertiary/aromatic N) is 1. The predicted molar refractivity (Wildman–Crippen MR) is 43.7 cm³/mol. The van der Waals surface area contributed by atoms with Crippen molar-refractivity contribution in [3.8, 4) is 0 Å². The van der Waals surface area contributed by atoms with Crippen LogP contribution < -0.4 is 16.8 Å². The Morgan fingerprint density at radius 3 is 2.67 bits per heavy atom. The van der Waals surface area contributed by atoms with Gasteiger partial charge in [0.2, 0.25) is 5.96 Å². The molecule has 0 aliphatic rings. The molecule has 0 aromatic rings. The van der Waals surface area contributed by atoms with Crippen LogP contribution in [0, 0.1) is 5.41 Å². The summed E-state index contributed by atoms with van der Waals surface area (Å²) in [5.41, 5.74) is 9.84. The van der Waals surface area contributed by atoms with E-state index in [4.69, 9.17) is 16.9 Å². The molecule has 0 saturated heterocycles. The molecule has 68 valence electrons. The largest absolute Gasteiger partial charge is 0.464 e. The molecule has 0 saturated carbocycles. The number of nitrogens with one attached hydrogen (secondary N) is 2. The minimum absolute atomic E-state index is 0.263. The van der Waals surface area contributed by atoms with E-state index in [1.165, 1.54) is 0 Å². The van der Waals surface area contributed by atoms with E-state index in [1.54, 1.807) is 6.92 Å². The molecule has 0 radical (unpaired) electrons. The van der Waals surface area contributed by atoms with Gasteiger partial charge in [0.15, 0.2) is 0 Å². The maximum absolute atomic E-state index is 10.2. The van der Waals surface area contributed by atoms with Crippen molar-refractivity contribution in [2.24, 2.45) is 16.5 Å². The third-order valence-corrected chi connectivity index (χ3v) is 0.754. The third kappa shape index (κ3) is 5.03. The highest BCUT2D eigenvalue weighted by Crippen LogP contribution is 1.79. The predicted octanol–water partition coefficient (Wildman–Crippen LogP) is -1.06. The quantitative estimate of drug-likeness (QED) is 0.298. The molecule has 0 aliphatic carbocycles. The van der Waals surface area contributed by atoms with E-state index in [0.29, 0.717) is 6.61 Å². The summed E-state index contributed by atoms with van der Waals surface area (Å²) in [5.74, 6) is -0.263. The van der Waals surface area contributed by atoms with E-state index in [9.17, 15) is 4.79 Å². The van der Waals surface area contributed by atoms with E-state index in [2.05, 4.69) is 9.73 Å². The molecule has 0 aliphatic heterocycles. The number of aliphatic imine (C=N–C) groups is 1. The summed E-state index contributed by atoms with van der Waals surface area (Å²) in [6.07, 6.45) is 0. The zero-order chi connectivity index (χ0) is 9.56. The first-order valence-corrected chi connectivity index (χ1v) is 3.18. The number of hydrogen-bond donors (Lipinski definition) is 4. The molecular weight excluding hydrogens is 162 g/mol. The van der Waals surface area contributed by atoms with Crippen molar-refractivity contribution in [3.05, 3.63) is 0 Å². The molecular formula is C5H11N5O2. The van der Waals surface area contributed by atoms with Crippen LogP contribution >= 0.6 is 0 Å². The third-order valence-electron chi connectivity index (χ3n) is 0.754. The van der Waals surface area contributed by atoms with Crippen molar-refractivity contribution < 1.29 is 9.53 Å². The van der Waals surface area contributed by atoms with Crippen LogP contribution in [0.3, 0.4) is 0 Å². The van der Waals surface area contributed by atoms with Gasteiger partial charge in [-0.3, -0.25) is 5.32 Å². The highest BCUT2D eigenvalue weighted by Gasteiger charge is 1.97. The maximum atomic E-state index is 10.2. The van der Waals surface area contributed by atoms with Crippen LogP contribution in [0.15, 0.2) is 4.99 Å².